The maximum atomic E-state index is 10.1. The fourth-order valence-corrected chi connectivity index (χ4v) is 2.28. The number of ether oxygens (including phenoxy) is 2. The molecule has 0 rings (SSSR count). The topological polar surface area (TPSA) is 252 Å². The van der Waals surface area contributed by atoms with Crippen LogP contribution < -0.4 is 0 Å². The molecule has 0 aromatic heterocycles. The average molecular weight is 963 g/mol. The Kier molecular flexibility index (Phi) is 89.3. The first-order valence-corrected chi connectivity index (χ1v) is 22.8. The number of aliphatic hydroxyl groups is 8. The van der Waals surface area contributed by atoms with E-state index in [1.807, 2.05) is 69.2 Å². The number of aliphatic hydroxyl groups excluding tert-OH is 8. The molecule has 0 spiro atoms. The minimum absolute atomic E-state index is 0.00463. The Morgan fingerprint density at radius 2 is 0.750 bits per heavy atom. The van der Waals surface area contributed by atoms with Crippen LogP contribution in [0.4, 0.5) is 9.59 Å². The third-order valence-corrected chi connectivity index (χ3v) is 8.50. The molecule has 0 aliphatic rings. The lowest BCUT2D eigenvalue weighted by atomic mass is 10.1. The molecular formula is C42H92Cl4O14. The van der Waals surface area contributed by atoms with E-state index >= 15 is 0 Å². The number of halogens is 4. The molecule has 0 amide bonds. The summed E-state index contributed by atoms with van der Waals surface area (Å²) in [5.41, 5.74) is -1.42. The molecule has 0 bridgehead atoms. The zero-order valence-electron chi connectivity index (χ0n) is 39.6. The van der Waals surface area contributed by atoms with Crippen molar-refractivity contribution in [2.75, 3.05) is 33.0 Å². The van der Waals surface area contributed by atoms with E-state index in [0.717, 1.165) is 57.3 Å². The molecule has 14 nitrogen and oxygen atoms in total. The predicted molar refractivity (Wildman–Crippen MR) is 250 cm³/mol. The summed E-state index contributed by atoms with van der Waals surface area (Å²) in [5.74, 6) is 0.626. The summed E-state index contributed by atoms with van der Waals surface area (Å²) in [6, 6.07) is 0. The molecule has 3 unspecified atom stereocenters. The fraction of sp³-hybridized carbons (Fsp3) is 0.929. The Bertz CT molecular complexity index is 700. The van der Waals surface area contributed by atoms with Gasteiger partial charge in [-0.25, -0.2) is 14.4 Å². The largest absolute Gasteiger partial charge is 0.479 e. The van der Waals surface area contributed by atoms with E-state index in [1.54, 1.807) is 0 Å². The van der Waals surface area contributed by atoms with Crippen LogP contribution in [0.2, 0.25) is 0 Å². The van der Waals surface area contributed by atoms with Crippen molar-refractivity contribution in [3.63, 3.8) is 0 Å². The maximum absolute atomic E-state index is 10.1. The molecule has 0 saturated carbocycles. The van der Waals surface area contributed by atoms with Crippen molar-refractivity contribution in [1.29, 1.82) is 0 Å². The second kappa shape index (κ2) is 67.3. The van der Waals surface area contributed by atoms with Crippen LogP contribution >= 0.6 is 46.4 Å². The van der Waals surface area contributed by atoms with Gasteiger partial charge in [0.15, 0.2) is 0 Å². The van der Waals surface area contributed by atoms with Gasteiger partial charge in [-0.3, -0.25) is 0 Å². The van der Waals surface area contributed by atoms with Crippen molar-refractivity contribution in [2.45, 2.75) is 203 Å². The van der Waals surface area contributed by atoms with Gasteiger partial charge in [0.1, 0.15) is 12.2 Å². The van der Waals surface area contributed by atoms with Crippen LogP contribution in [0.1, 0.15) is 168 Å². The number of hydrogen-bond acceptors (Lipinski definition) is 13. The Morgan fingerprint density at radius 1 is 0.450 bits per heavy atom. The van der Waals surface area contributed by atoms with E-state index in [9.17, 15) is 14.4 Å². The van der Waals surface area contributed by atoms with Gasteiger partial charge < -0.3 is 55.4 Å². The third kappa shape index (κ3) is 101. The van der Waals surface area contributed by atoms with Crippen molar-refractivity contribution < 1.29 is 69.8 Å². The molecule has 60 heavy (non-hydrogen) atoms. The number of carboxylic acids is 1. The standard InChI is InChI=1S/2C6H11ClO2.C6H14.3C5H12O.C4H10O2.C3H8O3.C2H2Cl2O2/c1-3-5(2)4-9-6(7)8;1-3-5(4-2)9-6(7)8;1-4-6(3)5-2;1-3-5(2)4-6;2*1-3-5(6)4-2;1-2-4(6)3-5;4-1-3(6)2-5;3-1(4)2(5)6/h2*5H,3-4H2,1-2H3;6H,4-5H2,1-3H3;3*5-6H,3-4H2,1-2H3;4-6H,2-3H2,1H3;3-6H,1-2H2;1H,(H,5,6). The van der Waals surface area contributed by atoms with Crippen molar-refractivity contribution in [3.8, 4) is 0 Å². The van der Waals surface area contributed by atoms with Gasteiger partial charge in [-0.1, -0.05) is 146 Å². The molecule has 0 aliphatic carbocycles. The fourth-order valence-electron chi connectivity index (χ4n) is 2.09. The van der Waals surface area contributed by atoms with Crippen LogP contribution in [-0.2, 0) is 14.3 Å². The molecule has 0 saturated heterocycles. The van der Waals surface area contributed by atoms with Gasteiger partial charge in [-0.05, 0) is 62.7 Å². The highest BCUT2D eigenvalue weighted by atomic mass is 35.5. The second-order valence-electron chi connectivity index (χ2n) is 13.3. The predicted octanol–water partition coefficient (Wildman–Crippen LogP) is 9.72. The molecule has 9 N–H and O–H groups in total. The molecule has 3 atom stereocenters. The summed E-state index contributed by atoms with van der Waals surface area (Å²) in [6.07, 6.45) is 8.98. The van der Waals surface area contributed by atoms with Gasteiger partial charge in [0.2, 0.25) is 4.84 Å². The monoisotopic (exact) mass is 961 g/mol. The minimum Gasteiger partial charge on any atom is -0.479 e. The van der Waals surface area contributed by atoms with Gasteiger partial charge in [0.05, 0.1) is 44.7 Å². The highest BCUT2D eigenvalue weighted by Crippen LogP contribution is 2.05. The SMILES string of the molecule is CCC(C)CC.CCC(C)CO.CCC(C)COC(=O)Cl.CCC(CC)OC(=O)Cl.CCC(O)CC.CCC(O)CC.CCC(O)CO.O=C(O)C(Cl)Cl.OCC(O)CO. The first-order valence-electron chi connectivity index (χ1n) is 21.2. The summed E-state index contributed by atoms with van der Waals surface area (Å²) in [5, 5.41) is 73.9. The van der Waals surface area contributed by atoms with E-state index in [4.69, 9.17) is 92.4 Å². The Balaban J connectivity index is -0.0000000701. The zero-order valence-corrected chi connectivity index (χ0v) is 42.6. The lowest BCUT2D eigenvalue weighted by molar-refractivity contribution is -0.135. The van der Waals surface area contributed by atoms with Crippen LogP contribution in [-0.4, -0.2) is 131 Å². The first kappa shape index (κ1) is 79.6. The van der Waals surface area contributed by atoms with Crippen LogP contribution in [0.25, 0.3) is 0 Å². The van der Waals surface area contributed by atoms with Crippen LogP contribution in [0.5, 0.6) is 0 Å². The molecule has 372 valence electrons. The van der Waals surface area contributed by atoms with E-state index in [0.29, 0.717) is 31.5 Å². The van der Waals surface area contributed by atoms with Gasteiger partial charge in [-0.2, -0.15) is 0 Å². The Hall–Kier alpha value is -0.750. The van der Waals surface area contributed by atoms with E-state index < -0.39 is 33.9 Å². The first-order chi connectivity index (χ1) is 27.9. The Morgan fingerprint density at radius 3 is 0.817 bits per heavy atom. The zero-order chi connectivity index (χ0) is 49.7. The maximum Gasteiger partial charge on any atom is 0.404 e. The Labute approximate surface area is 385 Å². The number of hydrogen-bond donors (Lipinski definition) is 9. The second-order valence-corrected chi connectivity index (χ2v) is 15.0. The summed E-state index contributed by atoms with van der Waals surface area (Å²) >= 11 is 19.4. The molecule has 0 heterocycles. The molecule has 0 aromatic carbocycles. The van der Waals surface area contributed by atoms with Crippen LogP contribution in [0.15, 0.2) is 0 Å². The van der Waals surface area contributed by atoms with E-state index in [2.05, 4.69) is 37.2 Å². The molecule has 0 aliphatic heterocycles. The number of carboxylic acid groups (broad SMARTS) is 1. The third-order valence-electron chi connectivity index (χ3n) is 7.93. The number of carbonyl (C=O) groups is 3. The van der Waals surface area contributed by atoms with Crippen molar-refractivity contribution >= 4 is 63.2 Å². The van der Waals surface area contributed by atoms with E-state index in [1.165, 1.54) is 12.8 Å². The summed E-state index contributed by atoms with van der Waals surface area (Å²) in [6.45, 7) is 28.4. The van der Waals surface area contributed by atoms with E-state index in [-0.39, 0.29) is 38.1 Å². The van der Waals surface area contributed by atoms with Crippen molar-refractivity contribution in [1.82, 2.24) is 0 Å². The number of carbonyl (C=O) groups excluding carboxylic acids is 2. The summed E-state index contributed by atoms with van der Waals surface area (Å²) in [4.78, 5) is 28.3. The van der Waals surface area contributed by atoms with Crippen LogP contribution in [0.3, 0.4) is 0 Å². The minimum atomic E-state index is -1.29. The quantitative estimate of drug-likeness (QED) is 0.0432. The van der Waals surface area contributed by atoms with Crippen molar-refractivity contribution in [2.24, 2.45) is 17.8 Å². The molecular weight excluding hydrogens is 870 g/mol. The molecule has 0 radical (unpaired) electrons. The summed E-state index contributed by atoms with van der Waals surface area (Å²) in [7, 11) is 0. The van der Waals surface area contributed by atoms with Crippen molar-refractivity contribution in [3.05, 3.63) is 0 Å². The average Bonchev–Trinajstić information content (AvgIpc) is 3.26. The molecule has 0 aromatic rings. The van der Waals surface area contributed by atoms with Gasteiger partial charge in [0.25, 0.3) is 0 Å². The lowest BCUT2D eigenvalue weighted by Gasteiger charge is -2.09. The normalized spacial score (nSPS) is 11.2. The van der Waals surface area contributed by atoms with Gasteiger partial charge in [0, 0.05) is 29.8 Å². The number of rotatable bonds is 19. The highest BCUT2D eigenvalue weighted by Gasteiger charge is 2.06. The summed E-state index contributed by atoms with van der Waals surface area (Å²) < 4.78 is 9.20. The smallest absolute Gasteiger partial charge is 0.404 e. The van der Waals surface area contributed by atoms with Crippen LogP contribution in [0, 0.1) is 17.8 Å². The number of aliphatic carboxylic acids is 1. The molecule has 0 fully saturated rings. The lowest BCUT2D eigenvalue weighted by Crippen LogP contribution is -2.15. The number of alkyl halides is 2. The van der Waals surface area contributed by atoms with Gasteiger partial charge in [-0.15, -0.1) is 0 Å². The molecule has 18 heteroatoms. The highest BCUT2D eigenvalue weighted by molar-refractivity contribution is 6.61. The van der Waals surface area contributed by atoms with Gasteiger partial charge >= 0.3 is 16.8 Å².